The summed E-state index contributed by atoms with van der Waals surface area (Å²) in [5.41, 5.74) is 0. The summed E-state index contributed by atoms with van der Waals surface area (Å²) in [5, 5.41) is 18.2. The summed E-state index contributed by atoms with van der Waals surface area (Å²) in [6.45, 7) is 4.14. The van der Waals surface area contributed by atoms with Crippen molar-refractivity contribution in [3.63, 3.8) is 0 Å². The molecule has 5 heteroatoms. The Morgan fingerprint density at radius 1 is 1.19 bits per heavy atom. The number of nitrogens with zero attached hydrogens (tertiary/aromatic N) is 3. The van der Waals surface area contributed by atoms with Gasteiger partial charge in [0.05, 0.1) is 5.92 Å². The van der Waals surface area contributed by atoms with Crippen molar-refractivity contribution in [2.24, 2.45) is 11.8 Å². The number of rotatable bonds is 3. The van der Waals surface area contributed by atoms with E-state index in [1.165, 1.54) is 32.1 Å². The molecule has 2 aliphatic carbocycles. The number of hydrogen-bond acceptors (Lipinski definition) is 3. The molecule has 2 saturated carbocycles. The second-order valence-electron chi connectivity index (χ2n) is 6.90. The van der Waals surface area contributed by atoms with Crippen LogP contribution in [0.3, 0.4) is 0 Å². The molecule has 0 radical (unpaired) electrons. The second-order valence-corrected chi connectivity index (χ2v) is 6.90. The Labute approximate surface area is 125 Å². The topological polar surface area (TPSA) is 68.0 Å². The molecule has 1 N–H and O–H groups in total. The molecule has 116 valence electrons. The normalized spacial score (nSPS) is 30.7. The Morgan fingerprint density at radius 3 is 2.57 bits per heavy atom. The summed E-state index contributed by atoms with van der Waals surface area (Å²) >= 11 is 0. The first-order valence-electron chi connectivity index (χ1n) is 8.22. The van der Waals surface area contributed by atoms with Crippen LogP contribution in [-0.2, 0) is 4.79 Å². The van der Waals surface area contributed by atoms with E-state index in [-0.39, 0.29) is 11.8 Å². The highest BCUT2D eigenvalue weighted by atomic mass is 16.4. The molecule has 0 aromatic carbocycles. The molecule has 3 rings (SSSR count). The van der Waals surface area contributed by atoms with Crippen molar-refractivity contribution in [3.05, 3.63) is 11.6 Å². The van der Waals surface area contributed by atoms with Crippen molar-refractivity contribution in [2.75, 3.05) is 0 Å². The second kappa shape index (κ2) is 5.78. The molecule has 3 unspecified atom stereocenters. The van der Waals surface area contributed by atoms with Gasteiger partial charge in [0.15, 0.2) is 0 Å². The molecule has 3 atom stereocenters. The number of aromatic nitrogens is 3. The third kappa shape index (κ3) is 2.70. The Morgan fingerprint density at radius 2 is 1.90 bits per heavy atom. The molecular weight excluding hydrogens is 266 g/mol. The van der Waals surface area contributed by atoms with Gasteiger partial charge in [0, 0.05) is 12.0 Å². The van der Waals surface area contributed by atoms with Crippen LogP contribution in [0.25, 0.3) is 0 Å². The number of aryl methyl sites for hydroxylation is 1. The average molecular weight is 291 g/mol. The molecular formula is C16H25N3O2. The summed E-state index contributed by atoms with van der Waals surface area (Å²) in [4.78, 5) is 11.6. The lowest BCUT2D eigenvalue weighted by Crippen LogP contribution is -2.23. The van der Waals surface area contributed by atoms with Crippen LogP contribution in [0.15, 0.2) is 0 Å². The molecule has 0 aliphatic heterocycles. The van der Waals surface area contributed by atoms with Gasteiger partial charge in [-0.25, -0.2) is 0 Å². The van der Waals surface area contributed by atoms with Crippen molar-refractivity contribution in [2.45, 2.75) is 70.8 Å². The first-order valence-corrected chi connectivity index (χ1v) is 8.22. The molecule has 1 heterocycles. The van der Waals surface area contributed by atoms with Gasteiger partial charge in [-0.2, -0.15) is 0 Å². The average Bonchev–Trinajstić information content (AvgIpc) is 3.03. The fraction of sp³-hybridized carbons (Fsp3) is 0.812. The maximum Gasteiger partial charge on any atom is 0.307 e. The molecule has 1 aromatic heterocycles. The molecule has 2 fully saturated rings. The number of aliphatic carboxylic acids is 1. The van der Waals surface area contributed by atoms with Crippen LogP contribution >= 0.6 is 0 Å². The molecule has 21 heavy (non-hydrogen) atoms. The highest BCUT2D eigenvalue weighted by molar-refractivity contribution is 5.71. The number of carboxylic acid groups (broad SMARTS) is 1. The van der Waals surface area contributed by atoms with Gasteiger partial charge in [0.1, 0.15) is 11.6 Å². The zero-order valence-electron chi connectivity index (χ0n) is 13.0. The minimum absolute atomic E-state index is 0.0284. The van der Waals surface area contributed by atoms with E-state index in [1.54, 1.807) is 0 Å². The van der Waals surface area contributed by atoms with Gasteiger partial charge in [-0.1, -0.05) is 26.2 Å². The van der Waals surface area contributed by atoms with E-state index in [0.29, 0.717) is 12.0 Å². The van der Waals surface area contributed by atoms with Crippen molar-refractivity contribution in [1.29, 1.82) is 0 Å². The third-order valence-electron chi connectivity index (χ3n) is 5.28. The maximum atomic E-state index is 11.6. The van der Waals surface area contributed by atoms with Crippen molar-refractivity contribution >= 4 is 5.97 Å². The van der Waals surface area contributed by atoms with Crippen LogP contribution in [0.2, 0.25) is 0 Å². The Kier molecular flexibility index (Phi) is 4.00. The van der Waals surface area contributed by atoms with E-state index in [2.05, 4.69) is 21.7 Å². The molecule has 0 spiro atoms. The zero-order valence-corrected chi connectivity index (χ0v) is 13.0. The van der Waals surface area contributed by atoms with Crippen LogP contribution in [0.5, 0.6) is 0 Å². The molecule has 0 bridgehead atoms. The lowest BCUT2D eigenvalue weighted by Gasteiger charge is -2.27. The number of hydrogen-bond donors (Lipinski definition) is 1. The van der Waals surface area contributed by atoms with Gasteiger partial charge in [-0.15, -0.1) is 10.2 Å². The van der Waals surface area contributed by atoms with Crippen molar-refractivity contribution < 1.29 is 9.90 Å². The fourth-order valence-corrected chi connectivity index (χ4v) is 4.28. The predicted molar refractivity (Wildman–Crippen MR) is 79.1 cm³/mol. The summed E-state index contributed by atoms with van der Waals surface area (Å²) in [5.74, 6) is 1.37. The SMILES string of the molecule is Cc1nnc(C2CC(C)CC2C(=O)O)n1C1CCCCC1. The van der Waals surface area contributed by atoms with Gasteiger partial charge < -0.3 is 9.67 Å². The highest BCUT2D eigenvalue weighted by Gasteiger charge is 2.41. The maximum absolute atomic E-state index is 11.6. The smallest absolute Gasteiger partial charge is 0.307 e. The largest absolute Gasteiger partial charge is 0.481 e. The lowest BCUT2D eigenvalue weighted by atomic mass is 9.92. The van der Waals surface area contributed by atoms with Crippen LogP contribution < -0.4 is 0 Å². The van der Waals surface area contributed by atoms with Crippen LogP contribution in [0.1, 0.15) is 75.5 Å². The van der Waals surface area contributed by atoms with Crippen LogP contribution in [0.4, 0.5) is 0 Å². The summed E-state index contributed by atoms with van der Waals surface area (Å²) in [7, 11) is 0. The summed E-state index contributed by atoms with van der Waals surface area (Å²) in [6, 6.07) is 0.467. The predicted octanol–water partition coefficient (Wildman–Crippen LogP) is 3.31. The Bertz CT molecular complexity index is 520. The van der Waals surface area contributed by atoms with Gasteiger partial charge in [0.2, 0.25) is 0 Å². The molecule has 2 aliphatic rings. The summed E-state index contributed by atoms with van der Waals surface area (Å²) in [6.07, 6.45) is 7.84. The summed E-state index contributed by atoms with van der Waals surface area (Å²) < 4.78 is 2.26. The van der Waals surface area contributed by atoms with Gasteiger partial charge >= 0.3 is 5.97 Å². The standard InChI is InChI=1S/C16H25N3O2/c1-10-8-13(14(9-10)16(20)21)15-18-17-11(2)19(15)12-6-4-3-5-7-12/h10,12-14H,3-9H2,1-2H3,(H,20,21). The Balaban J connectivity index is 1.93. The third-order valence-corrected chi connectivity index (χ3v) is 5.28. The monoisotopic (exact) mass is 291 g/mol. The molecule has 5 nitrogen and oxygen atoms in total. The number of carboxylic acids is 1. The molecule has 0 amide bonds. The number of carbonyl (C=O) groups is 1. The first kappa shape index (κ1) is 14.5. The van der Waals surface area contributed by atoms with Gasteiger partial charge in [-0.3, -0.25) is 4.79 Å². The lowest BCUT2D eigenvalue weighted by molar-refractivity contribution is -0.142. The van der Waals surface area contributed by atoms with Crippen LogP contribution in [-0.4, -0.2) is 25.8 Å². The zero-order chi connectivity index (χ0) is 15.0. The minimum atomic E-state index is -0.680. The van der Waals surface area contributed by atoms with E-state index in [0.717, 1.165) is 24.5 Å². The molecule has 0 saturated heterocycles. The molecule has 1 aromatic rings. The van der Waals surface area contributed by atoms with E-state index in [4.69, 9.17) is 0 Å². The highest BCUT2D eigenvalue weighted by Crippen LogP contribution is 2.44. The van der Waals surface area contributed by atoms with E-state index < -0.39 is 5.97 Å². The van der Waals surface area contributed by atoms with E-state index >= 15 is 0 Å². The van der Waals surface area contributed by atoms with E-state index in [9.17, 15) is 9.90 Å². The van der Waals surface area contributed by atoms with Gasteiger partial charge in [0.25, 0.3) is 0 Å². The minimum Gasteiger partial charge on any atom is -0.481 e. The fourth-order valence-electron chi connectivity index (χ4n) is 4.28. The van der Waals surface area contributed by atoms with E-state index in [1.807, 2.05) is 6.92 Å². The quantitative estimate of drug-likeness (QED) is 0.927. The van der Waals surface area contributed by atoms with Crippen molar-refractivity contribution in [3.8, 4) is 0 Å². The Hall–Kier alpha value is -1.39. The van der Waals surface area contributed by atoms with Gasteiger partial charge in [-0.05, 0) is 38.5 Å². The van der Waals surface area contributed by atoms with Crippen molar-refractivity contribution in [1.82, 2.24) is 14.8 Å². The first-order chi connectivity index (χ1) is 10.1. The van der Waals surface area contributed by atoms with Crippen LogP contribution in [0, 0.1) is 18.8 Å².